The lowest BCUT2D eigenvalue weighted by Crippen LogP contribution is -2.23. The summed E-state index contributed by atoms with van der Waals surface area (Å²) in [7, 11) is 0. The van der Waals surface area contributed by atoms with Crippen LogP contribution in [-0.4, -0.2) is 33.1 Å². The molecule has 2 heterocycles. The highest BCUT2D eigenvalue weighted by molar-refractivity contribution is 5.80. The standard InChI is InChI=1S/C4H6N6O/c11-2-1-5-3(6-2)4-7-9-10-8-4/h3,5H,1H2,(H,6,11)(H,7,8,9,10). The number of nitrogens with one attached hydrogen (secondary N) is 3. The number of aromatic nitrogens is 4. The Morgan fingerprint density at radius 2 is 2.45 bits per heavy atom. The van der Waals surface area contributed by atoms with Crippen molar-refractivity contribution >= 4 is 5.91 Å². The Kier molecular flexibility index (Phi) is 1.29. The van der Waals surface area contributed by atoms with Crippen molar-refractivity contribution in [2.45, 2.75) is 6.17 Å². The van der Waals surface area contributed by atoms with Crippen LogP contribution in [0.15, 0.2) is 0 Å². The molecular weight excluding hydrogens is 148 g/mol. The summed E-state index contributed by atoms with van der Waals surface area (Å²) in [4.78, 5) is 10.7. The van der Waals surface area contributed by atoms with Gasteiger partial charge in [0.2, 0.25) is 11.7 Å². The molecule has 1 atom stereocenters. The van der Waals surface area contributed by atoms with Crippen molar-refractivity contribution in [3.8, 4) is 0 Å². The van der Waals surface area contributed by atoms with E-state index in [1.807, 2.05) is 0 Å². The van der Waals surface area contributed by atoms with Crippen molar-refractivity contribution in [2.24, 2.45) is 0 Å². The van der Waals surface area contributed by atoms with E-state index in [4.69, 9.17) is 0 Å². The van der Waals surface area contributed by atoms with Crippen molar-refractivity contribution in [3.05, 3.63) is 5.82 Å². The summed E-state index contributed by atoms with van der Waals surface area (Å²) in [5.41, 5.74) is 0. The number of carbonyl (C=O) groups is 1. The van der Waals surface area contributed by atoms with Gasteiger partial charge in [0.15, 0.2) is 0 Å². The van der Waals surface area contributed by atoms with E-state index in [1.165, 1.54) is 0 Å². The third-order valence-electron chi connectivity index (χ3n) is 1.39. The number of tetrazole rings is 1. The van der Waals surface area contributed by atoms with E-state index in [0.717, 1.165) is 0 Å². The predicted molar refractivity (Wildman–Crippen MR) is 33.1 cm³/mol. The van der Waals surface area contributed by atoms with Crippen LogP contribution in [0.1, 0.15) is 12.0 Å². The lowest BCUT2D eigenvalue weighted by Gasteiger charge is -2.01. The van der Waals surface area contributed by atoms with E-state index in [-0.39, 0.29) is 12.1 Å². The number of H-pyrrole nitrogens is 1. The summed E-state index contributed by atoms with van der Waals surface area (Å²) in [6.07, 6.45) is -0.291. The number of hydrogen-bond acceptors (Lipinski definition) is 5. The summed E-state index contributed by atoms with van der Waals surface area (Å²) in [5, 5.41) is 18.6. The first-order chi connectivity index (χ1) is 5.36. The Bertz CT molecular complexity index is 256. The summed E-state index contributed by atoms with van der Waals surface area (Å²) in [6.45, 7) is 0.305. The lowest BCUT2D eigenvalue weighted by molar-refractivity contribution is -0.118. The molecule has 0 spiro atoms. The molecule has 3 N–H and O–H groups in total. The number of nitrogens with zero attached hydrogens (tertiary/aromatic N) is 3. The molecular formula is C4H6N6O. The zero-order chi connectivity index (χ0) is 7.68. The lowest BCUT2D eigenvalue weighted by atomic mass is 10.5. The van der Waals surface area contributed by atoms with Gasteiger partial charge in [-0.25, -0.2) is 0 Å². The second kappa shape index (κ2) is 2.27. The average molecular weight is 154 g/mol. The maximum Gasteiger partial charge on any atom is 0.235 e. The molecule has 1 amide bonds. The van der Waals surface area contributed by atoms with Gasteiger partial charge in [-0.2, -0.15) is 5.21 Å². The van der Waals surface area contributed by atoms with Crippen LogP contribution >= 0.6 is 0 Å². The molecule has 0 aliphatic carbocycles. The number of rotatable bonds is 1. The molecule has 0 saturated carbocycles. The topological polar surface area (TPSA) is 95.6 Å². The molecule has 0 aromatic carbocycles. The van der Waals surface area contributed by atoms with E-state index in [0.29, 0.717) is 12.4 Å². The monoisotopic (exact) mass is 154 g/mol. The highest BCUT2D eigenvalue weighted by atomic mass is 16.2. The fourth-order valence-corrected chi connectivity index (χ4v) is 0.905. The van der Waals surface area contributed by atoms with Gasteiger partial charge in [-0.3, -0.25) is 10.1 Å². The van der Waals surface area contributed by atoms with Gasteiger partial charge in [0.1, 0.15) is 6.17 Å². The fourth-order valence-electron chi connectivity index (χ4n) is 0.905. The summed E-state index contributed by atoms with van der Waals surface area (Å²) < 4.78 is 0. The molecule has 58 valence electrons. The molecule has 1 aromatic heterocycles. The first kappa shape index (κ1) is 6.23. The second-order valence-electron chi connectivity index (χ2n) is 2.15. The molecule has 0 bridgehead atoms. The minimum atomic E-state index is -0.291. The SMILES string of the molecule is O=C1CNC(c2nn[nH]n2)N1. The van der Waals surface area contributed by atoms with Crippen LogP contribution in [0, 0.1) is 0 Å². The molecule has 2 rings (SSSR count). The molecule has 1 aliphatic heterocycles. The Hall–Kier alpha value is -1.50. The zero-order valence-electron chi connectivity index (χ0n) is 5.53. The number of amides is 1. The van der Waals surface area contributed by atoms with Crippen LogP contribution in [0.3, 0.4) is 0 Å². The van der Waals surface area contributed by atoms with Gasteiger partial charge in [-0.1, -0.05) is 5.21 Å². The van der Waals surface area contributed by atoms with Crippen LogP contribution < -0.4 is 10.6 Å². The summed E-state index contributed by atoms with van der Waals surface area (Å²) in [5.74, 6) is 0.399. The van der Waals surface area contributed by atoms with Gasteiger partial charge in [-0.05, 0) is 0 Å². The maximum atomic E-state index is 10.7. The molecule has 1 fully saturated rings. The van der Waals surface area contributed by atoms with Crippen molar-refractivity contribution < 1.29 is 4.79 Å². The normalized spacial score (nSPS) is 23.6. The fraction of sp³-hybridized carbons (Fsp3) is 0.500. The van der Waals surface area contributed by atoms with Crippen LogP contribution in [0.2, 0.25) is 0 Å². The van der Waals surface area contributed by atoms with E-state index in [1.54, 1.807) is 0 Å². The predicted octanol–water partition coefficient (Wildman–Crippen LogP) is -2.08. The van der Waals surface area contributed by atoms with E-state index < -0.39 is 0 Å². The van der Waals surface area contributed by atoms with E-state index in [2.05, 4.69) is 31.3 Å². The molecule has 1 saturated heterocycles. The maximum absolute atomic E-state index is 10.7. The number of aromatic amines is 1. The Morgan fingerprint density at radius 3 is 3.00 bits per heavy atom. The highest BCUT2D eigenvalue weighted by Crippen LogP contribution is 2.03. The third kappa shape index (κ3) is 1.05. The number of hydrogen-bond donors (Lipinski definition) is 3. The quantitative estimate of drug-likeness (QED) is 0.431. The highest BCUT2D eigenvalue weighted by Gasteiger charge is 2.24. The molecule has 7 nitrogen and oxygen atoms in total. The molecule has 0 radical (unpaired) electrons. The largest absolute Gasteiger partial charge is 0.333 e. The molecule has 1 aliphatic rings. The van der Waals surface area contributed by atoms with Gasteiger partial charge in [0.25, 0.3) is 0 Å². The van der Waals surface area contributed by atoms with Gasteiger partial charge < -0.3 is 5.32 Å². The van der Waals surface area contributed by atoms with Crippen LogP contribution in [0.25, 0.3) is 0 Å². The first-order valence-corrected chi connectivity index (χ1v) is 3.12. The van der Waals surface area contributed by atoms with Crippen molar-refractivity contribution in [2.75, 3.05) is 6.54 Å². The van der Waals surface area contributed by atoms with E-state index in [9.17, 15) is 4.79 Å². The second-order valence-corrected chi connectivity index (χ2v) is 2.15. The Balaban J connectivity index is 2.13. The Morgan fingerprint density at radius 1 is 1.55 bits per heavy atom. The zero-order valence-corrected chi connectivity index (χ0v) is 5.53. The van der Waals surface area contributed by atoms with Crippen LogP contribution in [-0.2, 0) is 4.79 Å². The third-order valence-corrected chi connectivity index (χ3v) is 1.39. The molecule has 1 aromatic rings. The van der Waals surface area contributed by atoms with Crippen molar-refractivity contribution in [1.82, 2.24) is 31.3 Å². The molecule has 7 heteroatoms. The van der Waals surface area contributed by atoms with Gasteiger partial charge >= 0.3 is 0 Å². The molecule has 1 unspecified atom stereocenters. The summed E-state index contributed by atoms with van der Waals surface area (Å²) in [6, 6.07) is 0. The van der Waals surface area contributed by atoms with Crippen molar-refractivity contribution in [1.29, 1.82) is 0 Å². The van der Waals surface area contributed by atoms with Crippen LogP contribution in [0.5, 0.6) is 0 Å². The average Bonchev–Trinajstić information content (AvgIpc) is 2.55. The van der Waals surface area contributed by atoms with Gasteiger partial charge in [0.05, 0.1) is 6.54 Å². The smallest absolute Gasteiger partial charge is 0.235 e. The van der Waals surface area contributed by atoms with Crippen molar-refractivity contribution in [3.63, 3.8) is 0 Å². The van der Waals surface area contributed by atoms with Crippen LogP contribution in [0.4, 0.5) is 0 Å². The van der Waals surface area contributed by atoms with E-state index >= 15 is 0 Å². The molecule has 11 heavy (non-hydrogen) atoms. The first-order valence-electron chi connectivity index (χ1n) is 3.12. The Labute approximate surface area is 61.6 Å². The minimum Gasteiger partial charge on any atom is -0.333 e. The minimum absolute atomic E-state index is 0.0557. The van der Waals surface area contributed by atoms with Gasteiger partial charge in [0, 0.05) is 0 Å². The van der Waals surface area contributed by atoms with Gasteiger partial charge in [-0.15, -0.1) is 10.2 Å². The summed E-state index contributed by atoms with van der Waals surface area (Å²) >= 11 is 0. The number of carbonyl (C=O) groups excluding carboxylic acids is 1.